The van der Waals surface area contributed by atoms with Crippen molar-refractivity contribution in [2.75, 3.05) is 7.11 Å². The molecule has 7 nitrogen and oxygen atoms in total. The number of carbonyl (C=O) groups excluding carboxylic acids is 1. The Morgan fingerprint density at radius 3 is 2.82 bits per heavy atom. The summed E-state index contributed by atoms with van der Waals surface area (Å²) < 4.78 is 11.9. The van der Waals surface area contributed by atoms with Crippen LogP contribution in [0, 0.1) is 0 Å². The molecule has 0 saturated carbocycles. The maximum absolute atomic E-state index is 11.7. The van der Waals surface area contributed by atoms with Gasteiger partial charge in [-0.25, -0.2) is 4.79 Å². The second kappa shape index (κ2) is 5.72. The highest BCUT2D eigenvalue weighted by Crippen LogP contribution is 2.25. The fourth-order valence-corrected chi connectivity index (χ4v) is 2.05. The minimum Gasteiger partial charge on any atom is -0.504 e. The van der Waals surface area contributed by atoms with E-state index in [1.54, 1.807) is 40.9 Å². The van der Waals surface area contributed by atoms with Gasteiger partial charge in [0.15, 0.2) is 23.0 Å². The quantitative estimate of drug-likeness (QED) is 0.739. The lowest BCUT2D eigenvalue weighted by Crippen LogP contribution is -2.06. The normalized spacial score (nSPS) is 10.6. The number of pyridine rings is 1. The van der Waals surface area contributed by atoms with Gasteiger partial charge in [0.1, 0.15) is 12.2 Å². The van der Waals surface area contributed by atoms with Gasteiger partial charge >= 0.3 is 5.97 Å². The van der Waals surface area contributed by atoms with Crippen LogP contribution in [0.3, 0.4) is 0 Å². The van der Waals surface area contributed by atoms with Crippen LogP contribution in [-0.4, -0.2) is 32.8 Å². The smallest absolute Gasteiger partial charge is 0.341 e. The Balaban J connectivity index is 1.89. The summed E-state index contributed by atoms with van der Waals surface area (Å²) in [6.45, 7) is 0.101. The van der Waals surface area contributed by atoms with E-state index in [9.17, 15) is 9.90 Å². The van der Waals surface area contributed by atoms with Gasteiger partial charge < -0.3 is 14.6 Å². The molecule has 0 saturated heterocycles. The number of nitrogens with zero attached hydrogens (tertiary/aromatic N) is 3. The minimum atomic E-state index is -0.480. The fourth-order valence-electron chi connectivity index (χ4n) is 2.05. The molecule has 0 aliphatic rings. The lowest BCUT2D eigenvalue weighted by Gasteiger charge is -2.07. The molecule has 0 unspecified atom stereocenters. The standard InChI is InChI=1S/C15H13N3O4/c1-21-15(20)10-5-4-8-18-13(16-17-14(10)18)9-22-12-7-3-2-6-11(12)19/h2-8,19H,9H2,1H3. The highest BCUT2D eigenvalue weighted by molar-refractivity contribution is 5.95. The van der Waals surface area contributed by atoms with Crippen LogP contribution < -0.4 is 4.74 Å². The van der Waals surface area contributed by atoms with Crippen molar-refractivity contribution in [3.05, 3.63) is 54.0 Å². The first kappa shape index (κ1) is 13.9. The molecule has 0 spiro atoms. The number of esters is 1. The van der Waals surface area contributed by atoms with E-state index in [1.165, 1.54) is 13.2 Å². The second-order valence-corrected chi connectivity index (χ2v) is 4.48. The number of methoxy groups -OCH3 is 1. The van der Waals surface area contributed by atoms with E-state index < -0.39 is 5.97 Å². The molecule has 0 aliphatic carbocycles. The van der Waals surface area contributed by atoms with Crippen LogP contribution in [0.25, 0.3) is 5.65 Å². The van der Waals surface area contributed by atoms with Gasteiger partial charge in [0.25, 0.3) is 0 Å². The number of phenols is 1. The first-order valence-corrected chi connectivity index (χ1v) is 6.52. The molecule has 3 aromatic rings. The molecule has 0 fully saturated rings. The van der Waals surface area contributed by atoms with Gasteiger partial charge in [0, 0.05) is 6.20 Å². The summed E-state index contributed by atoms with van der Waals surface area (Å²) in [4.78, 5) is 11.7. The number of para-hydroxylation sites is 2. The van der Waals surface area contributed by atoms with E-state index in [0.717, 1.165) is 0 Å². The largest absolute Gasteiger partial charge is 0.504 e. The van der Waals surface area contributed by atoms with Crippen molar-refractivity contribution in [1.29, 1.82) is 0 Å². The third-order valence-electron chi connectivity index (χ3n) is 3.13. The predicted molar refractivity (Wildman–Crippen MR) is 76.8 cm³/mol. The number of aromatic hydroxyl groups is 1. The molecule has 0 atom stereocenters. The molecule has 2 aromatic heterocycles. The molecule has 3 rings (SSSR count). The molecule has 0 amide bonds. The molecule has 0 aliphatic heterocycles. The molecule has 1 N–H and O–H groups in total. The fraction of sp³-hybridized carbons (Fsp3) is 0.133. The zero-order chi connectivity index (χ0) is 15.5. The second-order valence-electron chi connectivity index (χ2n) is 4.48. The Hall–Kier alpha value is -3.09. The third kappa shape index (κ3) is 2.44. The number of hydrogen-bond acceptors (Lipinski definition) is 6. The highest BCUT2D eigenvalue weighted by Gasteiger charge is 2.15. The van der Waals surface area contributed by atoms with Crippen LogP contribution in [0.2, 0.25) is 0 Å². The lowest BCUT2D eigenvalue weighted by atomic mass is 10.3. The molecule has 1 aromatic carbocycles. The van der Waals surface area contributed by atoms with Gasteiger partial charge in [-0.15, -0.1) is 10.2 Å². The third-order valence-corrected chi connectivity index (χ3v) is 3.13. The summed E-state index contributed by atoms with van der Waals surface area (Å²) in [5.41, 5.74) is 0.719. The first-order chi connectivity index (χ1) is 10.7. The topological polar surface area (TPSA) is 86.0 Å². The average Bonchev–Trinajstić information content (AvgIpc) is 2.96. The Kier molecular flexibility index (Phi) is 3.61. The number of carbonyl (C=O) groups is 1. The van der Waals surface area contributed by atoms with Gasteiger partial charge in [-0.2, -0.15) is 0 Å². The van der Waals surface area contributed by atoms with E-state index >= 15 is 0 Å². The van der Waals surface area contributed by atoms with Crippen molar-refractivity contribution in [1.82, 2.24) is 14.6 Å². The van der Waals surface area contributed by atoms with E-state index in [0.29, 0.717) is 22.8 Å². The van der Waals surface area contributed by atoms with Crippen LogP contribution in [-0.2, 0) is 11.3 Å². The molecular formula is C15H13N3O4. The zero-order valence-electron chi connectivity index (χ0n) is 11.8. The van der Waals surface area contributed by atoms with Crippen molar-refractivity contribution in [3.8, 4) is 11.5 Å². The van der Waals surface area contributed by atoms with Crippen LogP contribution in [0.4, 0.5) is 0 Å². The van der Waals surface area contributed by atoms with Crippen LogP contribution >= 0.6 is 0 Å². The van der Waals surface area contributed by atoms with E-state index in [1.807, 2.05) is 0 Å². The van der Waals surface area contributed by atoms with E-state index in [-0.39, 0.29) is 12.4 Å². The Labute approximate surface area is 125 Å². The first-order valence-electron chi connectivity index (χ1n) is 6.52. The Bertz CT molecular complexity index is 829. The maximum atomic E-state index is 11.7. The number of hydrogen-bond donors (Lipinski definition) is 1. The molecule has 0 radical (unpaired) electrons. The lowest BCUT2D eigenvalue weighted by molar-refractivity contribution is 0.0602. The SMILES string of the molecule is COC(=O)c1cccn2c(COc3ccccc3O)nnc12. The average molecular weight is 299 g/mol. The minimum absolute atomic E-state index is 0.0478. The Morgan fingerprint density at radius 2 is 2.05 bits per heavy atom. The molecule has 7 heteroatoms. The van der Waals surface area contributed by atoms with Crippen molar-refractivity contribution in [3.63, 3.8) is 0 Å². The van der Waals surface area contributed by atoms with Gasteiger partial charge in [0.05, 0.1) is 7.11 Å². The Morgan fingerprint density at radius 1 is 1.23 bits per heavy atom. The number of fused-ring (bicyclic) bond motifs is 1. The number of ether oxygens (including phenoxy) is 2. The van der Waals surface area contributed by atoms with E-state index in [4.69, 9.17) is 9.47 Å². The van der Waals surface area contributed by atoms with Crippen LogP contribution in [0.15, 0.2) is 42.6 Å². The van der Waals surface area contributed by atoms with Gasteiger partial charge in [-0.1, -0.05) is 12.1 Å². The summed E-state index contributed by atoms with van der Waals surface area (Å²) in [6.07, 6.45) is 1.73. The van der Waals surface area contributed by atoms with Crippen molar-refractivity contribution < 1.29 is 19.4 Å². The van der Waals surface area contributed by atoms with Crippen molar-refractivity contribution in [2.24, 2.45) is 0 Å². The van der Waals surface area contributed by atoms with Crippen molar-refractivity contribution in [2.45, 2.75) is 6.61 Å². The monoisotopic (exact) mass is 299 g/mol. The summed E-state index contributed by atoms with van der Waals surface area (Å²) >= 11 is 0. The molecule has 112 valence electrons. The number of rotatable bonds is 4. The number of phenolic OH excluding ortho intramolecular Hbond substituents is 1. The maximum Gasteiger partial charge on any atom is 0.341 e. The van der Waals surface area contributed by atoms with Crippen LogP contribution in [0.1, 0.15) is 16.2 Å². The zero-order valence-corrected chi connectivity index (χ0v) is 11.8. The number of benzene rings is 1. The van der Waals surface area contributed by atoms with Gasteiger partial charge in [-0.05, 0) is 24.3 Å². The molecule has 22 heavy (non-hydrogen) atoms. The summed E-state index contributed by atoms with van der Waals surface area (Å²) in [6, 6.07) is 9.96. The summed E-state index contributed by atoms with van der Waals surface area (Å²) in [5, 5.41) is 17.7. The summed E-state index contributed by atoms with van der Waals surface area (Å²) in [5.74, 6) is 0.421. The van der Waals surface area contributed by atoms with E-state index in [2.05, 4.69) is 10.2 Å². The summed E-state index contributed by atoms with van der Waals surface area (Å²) in [7, 11) is 1.31. The molecular weight excluding hydrogens is 286 g/mol. The van der Waals surface area contributed by atoms with Crippen molar-refractivity contribution >= 4 is 11.6 Å². The number of aromatic nitrogens is 3. The van der Waals surface area contributed by atoms with Gasteiger partial charge in [-0.3, -0.25) is 4.40 Å². The van der Waals surface area contributed by atoms with Crippen LogP contribution in [0.5, 0.6) is 11.5 Å². The molecule has 2 heterocycles. The molecule has 0 bridgehead atoms. The predicted octanol–water partition coefficient (Wildman–Crippen LogP) is 1.80. The van der Waals surface area contributed by atoms with Gasteiger partial charge in [0.2, 0.25) is 0 Å². The highest BCUT2D eigenvalue weighted by atomic mass is 16.5.